The van der Waals surface area contributed by atoms with Crippen LogP contribution in [0.25, 0.3) is 0 Å². The van der Waals surface area contributed by atoms with Crippen LogP contribution >= 0.6 is 0 Å². The Hall–Kier alpha value is -1.64. The number of amides is 1. The van der Waals surface area contributed by atoms with Crippen LogP contribution in [0.1, 0.15) is 32.1 Å². The number of hydrogen-bond donors (Lipinski definition) is 2. The summed E-state index contributed by atoms with van der Waals surface area (Å²) in [6.45, 7) is 2.52. The predicted molar refractivity (Wildman–Crippen MR) is 97.5 cm³/mol. The van der Waals surface area contributed by atoms with Gasteiger partial charge in [0.15, 0.2) is 5.54 Å². The number of nitrogens with one attached hydrogen (secondary N) is 1. The van der Waals surface area contributed by atoms with Gasteiger partial charge >= 0.3 is 0 Å². The van der Waals surface area contributed by atoms with Gasteiger partial charge in [0, 0.05) is 25.9 Å². The molecule has 0 unspecified atom stereocenters. The molecule has 0 aromatic heterocycles. The molecule has 2 fully saturated rings. The topological polar surface area (TPSA) is 94.1 Å². The average Bonchev–Trinajstić information content (AvgIpc) is 2.68. The summed E-state index contributed by atoms with van der Waals surface area (Å²) in [5.41, 5.74) is 5.16. The van der Waals surface area contributed by atoms with Gasteiger partial charge in [0.05, 0.1) is 25.1 Å². The van der Waals surface area contributed by atoms with Crippen molar-refractivity contribution in [3.05, 3.63) is 24.3 Å². The molecule has 1 amide bonds. The van der Waals surface area contributed by atoms with Gasteiger partial charge in [-0.1, -0.05) is 0 Å². The number of rotatable bonds is 5. The molecular formula is C18H28N3O4S+. The Morgan fingerprint density at radius 2 is 1.69 bits per heavy atom. The molecule has 2 heterocycles. The first kappa shape index (κ1) is 19.1. The van der Waals surface area contributed by atoms with E-state index in [4.69, 9.17) is 10.5 Å². The Morgan fingerprint density at radius 3 is 2.19 bits per heavy atom. The van der Waals surface area contributed by atoms with E-state index in [9.17, 15) is 13.2 Å². The van der Waals surface area contributed by atoms with Gasteiger partial charge in [0.25, 0.3) is 5.91 Å². The molecule has 0 saturated carbocycles. The number of quaternary nitrogens is 1. The quantitative estimate of drug-likeness (QED) is 0.736. The summed E-state index contributed by atoms with van der Waals surface area (Å²) in [6.07, 6.45) is 4.34. The number of carbonyl (C=O) groups excluding carboxylic acids is 1. The van der Waals surface area contributed by atoms with Crippen molar-refractivity contribution in [1.82, 2.24) is 4.31 Å². The van der Waals surface area contributed by atoms with Gasteiger partial charge in [-0.3, -0.25) is 4.79 Å². The van der Waals surface area contributed by atoms with Crippen LogP contribution in [0.15, 0.2) is 29.2 Å². The van der Waals surface area contributed by atoms with Gasteiger partial charge < -0.3 is 15.4 Å². The molecule has 0 spiro atoms. The fourth-order valence-electron chi connectivity index (χ4n) is 4.24. The number of nitrogens with zero attached hydrogens (tertiary/aromatic N) is 1. The van der Waals surface area contributed by atoms with Crippen molar-refractivity contribution in [3.8, 4) is 5.75 Å². The van der Waals surface area contributed by atoms with Crippen molar-refractivity contribution in [2.45, 2.75) is 42.5 Å². The minimum atomic E-state index is -3.58. The van der Waals surface area contributed by atoms with Gasteiger partial charge in [0.1, 0.15) is 5.75 Å². The van der Waals surface area contributed by atoms with E-state index in [0.717, 1.165) is 25.9 Å². The molecule has 2 aliphatic rings. The number of hydrogen-bond acceptors (Lipinski definition) is 4. The number of methoxy groups -OCH3 is 1. The van der Waals surface area contributed by atoms with Crippen molar-refractivity contribution >= 4 is 15.9 Å². The maximum atomic E-state index is 12.9. The molecule has 0 atom stereocenters. The van der Waals surface area contributed by atoms with Crippen LogP contribution in [0.4, 0.5) is 0 Å². The summed E-state index contributed by atoms with van der Waals surface area (Å²) in [4.78, 5) is 13.8. The Balaban J connectivity index is 1.76. The first-order chi connectivity index (χ1) is 12.4. The van der Waals surface area contributed by atoms with Crippen molar-refractivity contribution in [2.75, 3.05) is 33.3 Å². The molecule has 1 aromatic rings. The Labute approximate surface area is 155 Å². The molecule has 0 bridgehead atoms. The molecule has 7 nitrogen and oxygen atoms in total. The standard InChI is InChI=1S/C18H27N3O4S/c1-25-15-5-7-16(8-6-15)26(23,24)21-13-9-18(10-14-21,17(19)22)20-11-3-2-4-12-20/h5-8H,2-4,9-14H2,1H3,(H2,19,22)/p+1. The average molecular weight is 383 g/mol. The molecule has 0 aliphatic carbocycles. The Kier molecular flexibility index (Phi) is 5.55. The Morgan fingerprint density at radius 1 is 1.12 bits per heavy atom. The number of nitrogens with two attached hydrogens (primary N) is 1. The lowest BCUT2D eigenvalue weighted by Crippen LogP contribution is -3.22. The second-order valence-electron chi connectivity index (χ2n) is 7.19. The first-order valence-corrected chi connectivity index (χ1v) is 10.6. The molecule has 3 N–H and O–H groups in total. The van der Waals surface area contributed by atoms with Crippen LogP contribution in [0.2, 0.25) is 0 Å². The minimum Gasteiger partial charge on any atom is -0.497 e. The first-order valence-electron chi connectivity index (χ1n) is 9.19. The summed E-state index contributed by atoms with van der Waals surface area (Å²) in [6, 6.07) is 6.39. The molecular weight excluding hydrogens is 354 g/mol. The molecule has 8 heteroatoms. The number of piperidine rings is 2. The van der Waals surface area contributed by atoms with E-state index in [-0.39, 0.29) is 10.8 Å². The number of carbonyl (C=O) groups is 1. The SMILES string of the molecule is COc1ccc(S(=O)(=O)N2CCC(C(N)=O)([NH+]3CCCCC3)CC2)cc1. The summed E-state index contributed by atoms with van der Waals surface area (Å²) >= 11 is 0. The highest BCUT2D eigenvalue weighted by Gasteiger charge is 2.50. The van der Waals surface area contributed by atoms with Gasteiger partial charge in [0.2, 0.25) is 10.0 Å². The van der Waals surface area contributed by atoms with E-state index in [1.165, 1.54) is 15.6 Å². The van der Waals surface area contributed by atoms with Gasteiger partial charge in [-0.15, -0.1) is 0 Å². The van der Waals surface area contributed by atoms with Crippen LogP contribution in [0.3, 0.4) is 0 Å². The van der Waals surface area contributed by atoms with Crippen molar-refractivity contribution < 1.29 is 22.8 Å². The Bertz CT molecular complexity index is 734. The molecule has 3 rings (SSSR count). The number of sulfonamides is 1. The molecule has 0 radical (unpaired) electrons. The smallest absolute Gasteiger partial charge is 0.278 e. The van der Waals surface area contributed by atoms with Gasteiger partial charge in [-0.25, -0.2) is 8.42 Å². The molecule has 2 saturated heterocycles. The second-order valence-corrected chi connectivity index (χ2v) is 9.13. The fourth-order valence-corrected chi connectivity index (χ4v) is 5.68. The number of benzene rings is 1. The van der Waals surface area contributed by atoms with Crippen LogP contribution in [-0.4, -0.2) is 57.5 Å². The molecule has 2 aliphatic heterocycles. The third-order valence-corrected chi connectivity index (χ3v) is 7.79. The van der Waals surface area contributed by atoms with E-state index in [1.54, 1.807) is 31.4 Å². The third-order valence-electron chi connectivity index (χ3n) is 5.88. The number of primary amides is 1. The van der Waals surface area contributed by atoms with Gasteiger partial charge in [-0.05, 0) is 43.5 Å². The number of likely N-dealkylation sites (tertiary alicyclic amines) is 1. The highest BCUT2D eigenvalue weighted by molar-refractivity contribution is 7.89. The zero-order valence-electron chi connectivity index (χ0n) is 15.2. The second kappa shape index (κ2) is 7.54. The third kappa shape index (κ3) is 3.45. The summed E-state index contributed by atoms with van der Waals surface area (Å²) in [5.74, 6) is 0.319. The zero-order valence-corrected chi connectivity index (χ0v) is 16.1. The maximum Gasteiger partial charge on any atom is 0.278 e. The van der Waals surface area contributed by atoms with Crippen molar-refractivity contribution in [2.24, 2.45) is 5.73 Å². The normalized spacial score (nSPS) is 22.0. The lowest BCUT2D eigenvalue weighted by molar-refractivity contribution is -0.948. The maximum absolute atomic E-state index is 12.9. The van der Waals surface area contributed by atoms with Gasteiger partial charge in [-0.2, -0.15) is 4.31 Å². The van der Waals surface area contributed by atoms with Crippen molar-refractivity contribution in [1.29, 1.82) is 0 Å². The van der Waals surface area contributed by atoms with Crippen LogP contribution in [0, 0.1) is 0 Å². The van der Waals surface area contributed by atoms with Crippen molar-refractivity contribution in [3.63, 3.8) is 0 Å². The van der Waals surface area contributed by atoms with E-state index in [2.05, 4.69) is 0 Å². The predicted octanol–water partition coefficient (Wildman–Crippen LogP) is -0.227. The molecule has 26 heavy (non-hydrogen) atoms. The molecule has 1 aromatic carbocycles. The van der Waals surface area contributed by atoms with Crippen LogP contribution in [-0.2, 0) is 14.8 Å². The minimum absolute atomic E-state index is 0.246. The fraction of sp³-hybridized carbons (Fsp3) is 0.611. The lowest BCUT2D eigenvalue weighted by atomic mass is 9.84. The van der Waals surface area contributed by atoms with E-state index in [1.807, 2.05) is 0 Å². The largest absolute Gasteiger partial charge is 0.497 e. The van der Waals surface area contributed by atoms with E-state index >= 15 is 0 Å². The monoisotopic (exact) mass is 382 g/mol. The lowest BCUT2D eigenvalue weighted by Gasteiger charge is -2.44. The van der Waals surface area contributed by atoms with E-state index < -0.39 is 15.6 Å². The summed E-state index contributed by atoms with van der Waals surface area (Å²) in [7, 11) is -2.04. The highest BCUT2D eigenvalue weighted by Crippen LogP contribution is 2.26. The number of ether oxygens (including phenoxy) is 1. The summed E-state index contributed by atoms with van der Waals surface area (Å²) < 4.78 is 32.4. The van der Waals surface area contributed by atoms with Crippen LogP contribution in [0.5, 0.6) is 5.75 Å². The van der Waals surface area contributed by atoms with E-state index in [0.29, 0.717) is 31.7 Å². The summed E-state index contributed by atoms with van der Waals surface area (Å²) in [5, 5.41) is 0. The zero-order chi connectivity index (χ0) is 18.8. The highest BCUT2D eigenvalue weighted by atomic mass is 32.2. The van der Waals surface area contributed by atoms with Crippen LogP contribution < -0.4 is 15.4 Å². The molecule has 144 valence electrons.